The van der Waals surface area contributed by atoms with E-state index >= 15 is 0 Å². The molecule has 0 aliphatic rings. The van der Waals surface area contributed by atoms with Crippen LogP contribution in [0.15, 0.2) is 18.5 Å². The molecule has 4 nitrogen and oxygen atoms in total. The summed E-state index contributed by atoms with van der Waals surface area (Å²) in [4.78, 5) is 2.49. The fourth-order valence-electron chi connectivity index (χ4n) is 2.07. The van der Waals surface area contributed by atoms with Crippen molar-refractivity contribution < 1.29 is 0 Å². The first-order chi connectivity index (χ1) is 8.16. The van der Waals surface area contributed by atoms with Gasteiger partial charge < -0.3 is 5.73 Å². The zero-order chi connectivity index (χ0) is 12.7. The lowest BCUT2D eigenvalue weighted by Crippen LogP contribution is -2.52. The average molecular weight is 238 g/mol. The Bertz CT molecular complexity index is 290. The third-order valence-corrected chi connectivity index (χ3v) is 3.62. The van der Waals surface area contributed by atoms with Crippen molar-refractivity contribution in [2.24, 2.45) is 5.73 Å². The third-order valence-electron chi connectivity index (χ3n) is 3.62. The highest BCUT2D eigenvalue weighted by Gasteiger charge is 2.27. The van der Waals surface area contributed by atoms with Gasteiger partial charge in [0.05, 0.1) is 6.54 Å². The molecule has 17 heavy (non-hydrogen) atoms. The van der Waals surface area contributed by atoms with Crippen LogP contribution in [0.1, 0.15) is 33.6 Å². The molecule has 2 N–H and O–H groups in total. The normalized spacial score (nSPS) is 15.1. The number of aromatic nitrogens is 2. The Morgan fingerprint density at radius 3 is 2.59 bits per heavy atom. The predicted octanol–water partition coefficient (Wildman–Crippen LogP) is 1.72. The Morgan fingerprint density at radius 2 is 2.12 bits per heavy atom. The van der Waals surface area contributed by atoms with Gasteiger partial charge in [-0.25, -0.2) is 0 Å². The molecule has 0 spiro atoms. The smallest absolute Gasteiger partial charge is 0.0536 e. The quantitative estimate of drug-likeness (QED) is 0.750. The molecular weight excluding hydrogens is 212 g/mol. The fraction of sp³-hybridized carbons (Fsp3) is 0.769. The predicted molar refractivity (Wildman–Crippen MR) is 71.8 cm³/mol. The second-order valence-corrected chi connectivity index (χ2v) is 4.81. The van der Waals surface area contributed by atoms with Crippen molar-refractivity contribution in [2.45, 2.75) is 45.7 Å². The van der Waals surface area contributed by atoms with Crippen LogP contribution in [0.3, 0.4) is 0 Å². The van der Waals surface area contributed by atoms with Crippen LogP contribution in [0.5, 0.6) is 0 Å². The topological polar surface area (TPSA) is 47.1 Å². The summed E-state index contributed by atoms with van der Waals surface area (Å²) < 4.78 is 1.98. The van der Waals surface area contributed by atoms with E-state index in [1.165, 1.54) is 0 Å². The molecule has 1 aromatic rings. The number of hydrogen-bond acceptors (Lipinski definition) is 3. The summed E-state index contributed by atoms with van der Waals surface area (Å²) in [5.41, 5.74) is 6.05. The second kappa shape index (κ2) is 6.77. The van der Waals surface area contributed by atoms with E-state index in [0.29, 0.717) is 6.54 Å². The molecule has 1 atom stereocenters. The lowest BCUT2D eigenvalue weighted by molar-refractivity contribution is 0.0998. The Hall–Kier alpha value is -0.870. The van der Waals surface area contributed by atoms with Crippen LogP contribution in [0, 0.1) is 0 Å². The number of nitrogens with zero attached hydrogens (tertiary/aromatic N) is 3. The molecule has 1 heterocycles. The summed E-state index contributed by atoms with van der Waals surface area (Å²) in [7, 11) is 0. The van der Waals surface area contributed by atoms with Crippen molar-refractivity contribution in [3.63, 3.8) is 0 Å². The summed E-state index contributed by atoms with van der Waals surface area (Å²) in [6, 6.07) is 1.96. The van der Waals surface area contributed by atoms with Gasteiger partial charge in [0.2, 0.25) is 0 Å². The van der Waals surface area contributed by atoms with Crippen LogP contribution in [0.4, 0.5) is 0 Å². The van der Waals surface area contributed by atoms with Crippen molar-refractivity contribution >= 4 is 0 Å². The lowest BCUT2D eigenvalue weighted by Gasteiger charge is -2.40. The minimum absolute atomic E-state index is 0.114. The van der Waals surface area contributed by atoms with Crippen LogP contribution in [0.25, 0.3) is 0 Å². The maximum Gasteiger partial charge on any atom is 0.0536 e. The molecule has 1 rings (SSSR count). The van der Waals surface area contributed by atoms with Gasteiger partial charge in [-0.15, -0.1) is 0 Å². The van der Waals surface area contributed by atoms with E-state index in [9.17, 15) is 0 Å². The average Bonchev–Trinajstić information content (AvgIpc) is 2.86. The van der Waals surface area contributed by atoms with Crippen molar-refractivity contribution in [1.29, 1.82) is 0 Å². The summed E-state index contributed by atoms with van der Waals surface area (Å²) in [5, 5.41) is 4.24. The summed E-state index contributed by atoms with van der Waals surface area (Å²) in [6.45, 7) is 10.4. The van der Waals surface area contributed by atoms with Crippen LogP contribution in [-0.4, -0.2) is 39.9 Å². The largest absolute Gasteiger partial charge is 0.329 e. The monoisotopic (exact) mass is 238 g/mol. The summed E-state index contributed by atoms with van der Waals surface area (Å²) in [6.07, 6.45) is 6.08. The maximum absolute atomic E-state index is 5.93. The zero-order valence-electron chi connectivity index (χ0n) is 11.4. The molecule has 98 valence electrons. The van der Waals surface area contributed by atoms with Crippen LogP contribution >= 0.6 is 0 Å². The minimum atomic E-state index is 0.114. The van der Waals surface area contributed by atoms with E-state index < -0.39 is 0 Å². The van der Waals surface area contributed by atoms with Gasteiger partial charge in [0.1, 0.15) is 0 Å². The standard InChI is InChI=1S/C13H26N4/c1-4-8-16(13(3,5-2)12-14)10-11-17-9-6-7-15-17/h6-7,9H,4-5,8,10-12,14H2,1-3H3. The molecule has 0 aliphatic heterocycles. The van der Waals surface area contributed by atoms with Gasteiger partial charge in [-0.2, -0.15) is 5.10 Å². The van der Waals surface area contributed by atoms with E-state index in [2.05, 4.69) is 30.8 Å². The summed E-state index contributed by atoms with van der Waals surface area (Å²) in [5.74, 6) is 0. The molecule has 0 amide bonds. The van der Waals surface area contributed by atoms with Gasteiger partial charge in [0.25, 0.3) is 0 Å². The van der Waals surface area contributed by atoms with E-state index in [1.807, 2.05) is 23.1 Å². The van der Waals surface area contributed by atoms with Crippen molar-refractivity contribution in [2.75, 3.05) is 19.6 Å². The lowest BCUT2D eigenvalue weighted by atomic mass is 9.96. The van der Waals surface area contributed by atoms with E-state index in [0.717, 1.165) is 32.5 Å². The third kappa shape index (κ3) is 3.82. The van der Waals surface area contributed by atoms with E-state index in [-0.39, 0.29) is 5.54 Å². The zero-order valence-corrected chi connectivity index (χ0v) is 11.4. The highest BCUT2D eigenvalue weighted by Crippen LogP contribution is 2.18. The molecule has 0 radical (unpaired) electrons. The van der Waals surface area contributed by atoms with E-state index in [4.69, 9.17) is 5.73 Å². The Labute approximate surface area is 105 Å². The number of rotatable bonds is 8. The van der Waals surface area contributed by atoms with Gasteiger partial charge in [0, 0.05) is 31.0 Å². The molecular formula is C13H26N4. The first-order valence-corrected chi connectivity index (χ1v) is 6.58. The molecule has 0 aromatic carbocycles. The van der Waals surface area contributed by atoms with Crippen LogP contribution in [-0.2, 0) is 6.54 Å². The van der Waals surface area contributed by atoms with Gasteiger partial charge in [-0.1, -0.05) is 13.8 Å². The molecule has 0 saturated carbocycles. The second-order valence-electron chi connectivity index (χ2n) is 4.81. The first kappa shape index (κ1) is 14.2. The number of hydrogen-bond donors (Lipinski definition) is 1. The van der Waals surface area contributed by atoms with Gasteiger partial charge >= 0.3 is 0 Å². The molecule has 4 heteroatoms. The SMILES string of the molecule is CCCN(CCn1cccn1)C(C)(CC)CN. The molecule has 0 fully saturated rings. The van der Waals surface area contributed by atoms with Gasteiger partial charge in [-0.3, -0.25) is 9.58 Å². The van der Waals surface area contributed by atoms with Crippen molar-refractivity contribution in [1.82, 2.24) is 14.7 Å². The minimum Gasteiger partial charge on any atom is -0.329 e. The Morgan fingerprint density at radius 1 is 1.35 bits per heavy atom. The molecule has 0 aliphatic carbocycles. The van der Waals surface area contributed by atoms with Gasteiger partial charge in [-0.05, 0) is 32.4 Å². The molecule has 1 unspecified atom stereocenters. The highest BCUT2D eigenvalue weighted by molar-refractivity contribution is 4.86. The van der Waals surface area contributed by atoms with Crippen LogP contribution in [0.2, 0.25) is 0 Å². The maximum atomic E-state index is 5.93. The molecule has 0 bridgehead atoms. The van der Waals surface area contributed by atoms with Crippen molar-refractivity contribution in [3.8, 4) is 0 Å². The molecule has 1 aromatic heterocycles. The van der Waals surface area contributed by atoms with Gasteiger partial charge in [0.15, 0.2) is 0 Å². The Kier molecular flexibility index (Phi) is 5.65. The molecule has 0 saturated heterocycles. The van der Waals surface area contributed by atoms with Crippen LogP contribution < -0.4 is 5.73 Å². The van der Waals surface area contributed by atoms with E-state index in [1.54, 1.807) is 0 Å². The fourth-order valence-corrected chi connectivity index (χ4v) is 2.07. The highest BCUT2D eigenvalue weighted by atomic mass is 15.3. The summed E-state index contributed by atoms with van der Waals surface area (Å²) >= 11 is 0. The Balaban J connectivity index is 2.59. The van der Waals surface area contributed by atoms with Crippen molar-refractivity contribution in [3.05, 3.63) is 18.5 Å². The first-order valence-electron chi connectivity index (χ1n) is 6.58. The number of nitrogens with two attached hydrogens (primary N) is 1.